The molecular weight excluding hydrogens is 324 g/mol. The van der Waals surface area contributed by atoms with Crippen molar-refractivity contribution in [3.8, 4) is 0 Å². The van der Waals surface area contributed by atoms with E-state index >= 15 is 0 Å². The van der Waals surface area contributed by atoms with Crippen molar-refractivity contribution in [3.05, 3.63) is 33.3 Å². The van der Waals surface area contributed by atoms with E-state index in [2.05, 4.69) is 0 Å². The number of carboxylic acids is 1. The summed E-state index contributed by atoms with van der Waals surface area (Å²) in [7, 11) is -3.87. The van der Waals surface area contributed by atoms with Gasteiger partial charge in [-0.2, -0.15) is 4.31 Å². The van der Waals surface area contributed by atoms with Crippen LogP contribution in [0.4, 0.5) is 5.69 Å². The van der Waals surface area contributed by atoms with Crippen LogP contribution >= 0.6 is 11.6 Å². The van der Waals surface area contributed by atoms with E-state index in [1.54, 1.807) is 0 Å². The number of carboxylic acid groups (broad SMARTS) is 1. The summed E-state index contributed by atoms with van der Waals surface area (Å²) < 4.78 is 25.6. The van der Waals surface area contributed by atoms with Gasteiger partial charge in [0.1, 0.15) is 5.02 Å². The molecule has 8 nitrogen and oxygen atoms in total. The number of nitro benzene ring substituents is 1. The van der Waals surface area contributed by atoms with Crippen molar-refractivity contribution >= 4 is 33.3 Å². The van der Waals surface area contributed by atoms with Gasteiger partial charge in [0.05, 0.1) is 16.2 Å². The second-order valence-corrected chi connectivity index (χ2v) is 7.00. The number of nitro groups is 1. The first kappa shape index (κ1) is 15.7. The van der Waals surface area contributed by atoms with Crippen molar-refractivity contribution < 1.29 is 23.2 Å². The van der Waals surface area contributed by atoms with Crippen LogP contribution in [0.15, 0.2) is 23.1 Å². The molecule has 114 valence electrons. The van der Waals surface area contributed by atoms with Crippen LogP contribution in [0.2, 0.25) is 5.02 Å². The maximum atomic E-state index is 12.2. The summed E-state index contributed by atoms with van der Waals surface area (Å²) in [6, 6.07) is 3.25. The summed E-state index contributed by atoms with van der Waals surface area (Å²) in [5, 5.41) is 19.3. The Balaban J connectivity index is 2.20. The third kappa shape index (κ3) is 3.14. The van der Waals surface area contributed by atoms with E-state index < -0.39 is 26.6 Å². The van der Waals surface area contributed by atoms with Gasteiger partial charge >= 0.3 is 5.97 Å². The highest BCUT2D eigenvalue weighted by molar-refractivity contribution is 7.89. The molecule has 0 bridgehead atoms. The van der Waals surface area contributed by atoms with Gasteiger partial charge in [-0.25, -0.2) is 8.42 Å². The third-order valence-corrected chi connectivity index (χ3v) is 5.29. The average Bonchev–Trinajstić information content (AvgIpc) is 2.32. The fraction of sp³-hybridized carbons (Fsp3) is 0.364. The quantitative estimate of drug-likeness (QED) is 0.641. The predicted molar refractivity (Wildman–Crippen MR) is 72.6 cm³/mol. The number of halogens is 1. The Morgan fingerprint density at radius 2 is 2.10 bits per heavy atom. The SMILES string of the molecule is O=C(O)CC1CN(S(=O)(=O)c2ccc(Cl)c([N+](=O)[O-])c2)C1. The Labute approximate surface area is 125 Å². The lowest BCUT2D eigenvalue weighted by molar-refractivity contribution is -0.384. The smallest absolute Gasteiger partial charge is 0.303 e. The van der Waals surface area contributed by atoms with E-state index in [4.69, 9.17) is 16.7 Å². The van der Waals surface area contributed by atoms with Crippen LogP contribution in [0.5, 0.6) is 0 Å². The van der Waals surface area contributed by atoms with E-state index in [-0.39, 0.29) is 35.3 Å². The van der Waals surface area contributed by atoms with E-state index in [1.165, 1.54) is 6.07 Å². The fourth-order valence-corrected chi connectivity index (χ4v) is 3.84. The van der Waals surface area contributed by atoms with Crippen LogP contribution in [-0.4, -0.2) is 41.8 Å². The van der Waals surface area contributed by atoms with Crippen molar-refractivity contribution in [2.24, 2.45) is 5.92 Å². The largest absolute Gasteiger partial charge is 0.481 e. The molecule has 0 amide bonds. The van der Waals surface area contributed by atoms with Crippen molar-refractivity contribution in [2.45, 2.75) is 11.3 Å². The van der Waals surface area contributed by atoms with Crippen LogP contribution < -0.4 is 0 Å². The molecule has 1 saturated heterocycles. The number of carbonyl (C=O) groups is 1. The average molecular weight is 335 g/mol. The summed E-state index contributed by atoms with van der Waals surface area (Å²) in [4.78, 5) is 20.3. The summed E-state index contributed by atoms with van der Waals surface area (Å²) >= 11 is 5.63. The van der Waals surface area contributed by atoms with Crippen LogP contribution in [0.1, 0.15) is 6.42 Å². The van der Waals surface area contributed by atoms with Gasteiger partial charge in [0.15, 0.2) is 0 Å². The zero-order valence-corrected chi connectivity index (χ0v) is 12.2. The molecule has 0 atom stereocenters. The second-order valence-electron chi connectivity index (χ2n) is 4.66. The Morgan fingerprint density at radius 3 is 2.62 bits per heavy atom. The topological polar surface area (TPSA) is 118 Å². The number of hydrogen-bond acceptors (Lipinski definition) is 5. The van der Waals surface area contributed by atoms with Crippen molar-refractivity contribution in [2.75, 3.05) is 13.1 Å². The molecule has 0 aliphatic carbocycles. The lowest BCUT2D eigenvalue weighted by atomic mass is 10.00. The van der Waals surface area contributed by atoms with Gasteiger partial charge in [0, 0.05) is 19.2 Å². The zero-order chi connectivity index (χ0) is 15.8. The molecule has 1 N–H and O–H groups in total. The molecule has 0 radical (unpaired) electrons. The standard InChI is InChI=1S/C11H11ClN2O6S/c12-9-2-1-8(4-10(9)14(17)18)21(19,20)13-5-7(6-13)3-11(15)16/h1-2,4,7H,3,5-6H2,(H,15,16). The highest BCUT2D eigenvalue weighted by Crippen LogP contribution is 2.31. The second kappa shape index (κ2) is 5.58. The third-order valence-electron chi connectivity index (χ3n) is 3.14. The summed E-state index contributed by atoms with van der Waals surface area (Å²) in [6.45, 7) is 0.177. The maximum Gasteiger partial charge on any atom is 0.303 e. The Morgan fingerprint density at radius 1 is 1.48 bits per heavy atom. The lowest BCUT2D eigenvalue weighted by Gasteiger charge is -2.37. The van der Waals surface area contributed by atoms with E-state index in [1.807, 2.05) is 0 Å². The molecule has 1 aliphatic rings. The molecule has 21 heavy (non-hydrogen) atoms. The van der Waals surface area contributed by atoms with Crippen LogP contribution in [0.3, 0.4) is 0 Å². The fourth-order valence-electron chi connectivity index (χ4n) is 2.04. The van der Waals surface area contributed by atoms with E-state index in [0.29, 0.717) is 0 Å². The molecule has 1 aromatic rings. The summed E-state index contributed by atoms with van der Waals surface area (Å²) in [5.41, 5.74) is -0.486. The Hall–Kier alpha value is -1.71. The van der Waals surface area contributed by atoms with Gasteiger partial charge in [-0.3, -0.25) is 14.9 Å². The number of aliphatic carboxylic acids is 1. The monoisotopic (exact) mass is 334 g/mol. The number of rotatable bonds is 5. The van der Waals surface area contributed by atoms with Gasteiger partial charge < -0.3 is 5.11 Å². The van der Waals surface area contributed by atoms with Gasteiger partial charge in [0.2, 0.25) is 10.0 Å². The van der Waals surface area contributed by atoms with E-state index in [0.717, 1.165) is 16.4 Å². The van der Waals surface area contributed by atoms with Gasteiger partial charge in [-0.1, -0.05) is 11.6 Å². The molecule has 1 aromatic carbocycles. The van der Waals surface area contributed by atoms with Gasteiger partial charge in [-0.05, 0) is 18.1 Å². The Kier molecular flexibility index (Phi) is 4.17. The van der Waals surface area contributed by atoms with Crippen LogP contribution in [-0.2, 0) is 14.8 Å². The molecule has 1 fully saturated rings. The molecule has 0 aromatic heterocycles. The highest BCUT2D eigenvalue weighted by atomic mass is 35.5. The summed E-state index contributed by atoms with van der Waals surface area (Å²) in [5.74, 6) is -1.22. The number of hydrogen-bond donors (Lipinski definition) is 1. The van der Waals surface area contributed by atoms with Crippen molar-refractivity contribution in [1.29, 1.82) is 0 Å². The minimum atomic E-state index is -3.87. The number of benzene rings is 1. The van der Waals surface area contributed by atoms with Crippen molar-refractivity contribution in [3.63, 3.8) is 0 Å². The molecule has 0 spiro atoms. The van der Waals surface area contributed by atoms with E-state index in [9.17, 15) is 23.3 Å². The van der Waals surface area contributed by atoms with Crippen LogP contribution in [0, 0.1) is 16.0 Å². The molecule has 1 heterocycles. The van der Waals surface area contributed by atoms with Crippen molar-refractivity contribution in [1.82, 2.24) is 4.31 Å². The van der Waals surface area contributed by atoms with Gasteiger partial charge in [-0.15, -0.1) is 0 Å². The maximum absolute atomic E-state index is 12.2. The first-order valence-electron chi connectivity index (χ1n) is 5.87. The minimum Gasteiger partial charge on any atom is -0.481 e. The zero-order valence-electron chi connectivity index (χ0n) is 10.6. The number of nitrogens with zero attached hydrogens (tertiary/aromatic N) is 2. The predicted octanol–water partition coefficient (Wildman–Crippen LogP) is 1.34. The molecule has 10 heteroatoms. The number of sulfonamides is 1. The molecule has 0 unspecified atom stereocenters. The summed E-state index contributed by atoms with van der Waals surface area (Å²) in [6.07, 6.45) is -0.104. The molecule has 0 saturated carbocycles. The first-order valence-corrected chi connectivity index (χ1v) is 7.69. The minimum absolute atomic E-state index is 0.0884. The van der Waals surface area contributed by atoms with Crippen LogP contribution in [0.25, 0.3) is 0 Å². The molecule has 2 rings (SSSR count). The Bertz CT molecular complexity index is 699. The molecule has 1 aliphatic heterocycles. The highest BCUT2D eigenvalue weighted by Gasteiger charge is 2.38. The molecular formula is C11H11ClN2O6S. The van der Waals surface area contributed by atoms with Gasteiger partial charge in [0.25, 0.3) is 5.69 Å². The normalized spacial score (nSPS) is 16.4. The lowest BCUT2D eigenvalue weighted by Crippen LogP contribution is -2.50. The first-order chi connectivity index (χ1) is 9.71.